The summed E-state index contributed by atoms with van der Waals surface area (Å²) in [6, 6.07) is 0.350. The molecule has 15 heavy (non-hydrogen) atoms. The van der Waals surface area contributed by atoms with Gasteiger partial charge in [0.1, 0.15) is 0 Å². The number of aliphatic hydroxyl groups is 1. The molecule has 3 fully saturated rings. The largest absolute Gasteiger partial charge is 0.356 e. The van der Waals surface area contributed by atoms with Gasteiger partial charge in [0, 0.05) is 19.1 Å². The molecule has 0 spiro atoms. The molecule has 0 aromatic heterocycles. The summed E-state index contributed by atoms with van der Waals surface area (Å²) in [5.74, 6) is 1.11. The Labute approximate surface area is 91.4 Å². The number of ether oxygens (including phenoxy) is 1. The number of hydrogen-bond acceptors (Lipinski definition) is 4. The summed E-state index contributed by atoms with van der Waals surface area (Å²) >= 11 is 0. The normalized spacial score (nSPS) is 38.6. The van der Waals surface area contributed by atoms with E-state index in [-0.39, 0.29) is 5.60 Å². The van der Waals surface area contributed by atoms with Crippen molar-refractivity contribution >= 4 is 0 Å². The van der Waals surface area contributed by atoms with Gasteiger partial charge in [-0.3, -0.25) is 4.90 Å². The monoisotopic (exact) mass is 214 g/mol. The Hall–Kier alpha value is -0.160. The van der Waals surface area contributed by atoms with Gasteiger partial charge in [0.25, 0.3) is 0 Å². The summed E-state index contributed by atoms with van der Waals surface area (Å²) < 4.78 is 5.52. The molecule has 1 saturated carbocycles. The molecular formula is C11H22N2O2. The molecule has 2 saturated heterocycles. The molecule has 2 heterocycles. The van der Waals surface area contributed by atoms with Crippen LogP contribution in [0.5, 0.6) is 0 Å². The summed E-state index contributed by atoms with van der Waals surface area (Å²) in [5, 5.41) is 9.90. The highest BCUT2D eigenvalue weighted by Gasteiger charge is 2.46. The Balaban J connectivity index is 1.85. The fourth-order valence-electron chi connectivity index (χ4n) is 2.53. The first-order chi connectivity index (χ1) is 6.87. The minimum absolute atomic E-state index is 0.302. The van der Waals surface area contributed by atoms with Crippen LogP contribution in [-0.4, -0.2) is 41.2 Å². The topological polar surface area (TPSA) is 58.7 Å². The summed E-state index contributed by atoms with van der Waals surface area (Å²) in [7, 11) is 0. The molecular weight excluding hydrogens is 192 g/mol. The van der Waals surface area contributed by atoms with E-state index in [0.717, 1.165) is 13.1 Å². The maximum absolute atomic E-state index is 9.90. The van der Waals surface area contributed by atoms with Crippen LogP contribution < -0.4 is 5.73 Å². The Kier molecular flexibility index (Phi) is 2.79. The van der Waals surface area contributed by atoms with Gasteiger partial charge in [-0.2, -0.15) is 0 Å². The smallest absolute Gasteiger partial charge is 0.216 e. The first kappa shape index (κ1) is 11.3. The molecule has 3 aliphatic rings. The van der Waals surface area contributed by atoms with Crippen molar-refractivity contribution in [2.24, 2.45) is 17.6 Å². The molecule has 2 aliphatic heterocycles. The van der Waals surface area contributed by atoms with Crippen LogP contribution in [0.4, 0.5) is 0 Å². The minimum Gasteiger partial charge on any atom is -0.356 e. The van der Waals surface area contributed by atoms with E-state index >= 15 is 0 Å². The van der Waals surface area contributed by atoms with Gasteiger partial charge in [0.15, 0.2) is 0 Å². The molecule has 3 atom stereocenters. The second kappa shape index (κ2) is 3.70. The third-order valence-corrected chi connectivity index (χ3v) is 3.40. The molecule has 3 N–H and O–H groups in total. The van der Waals surface area contributed by atoms with Crippen LogP contribution in [0.3, 0.4) is 0 Å². The zero-order chi connectivity index (χ0) is 11.2. The van der Waals surface area contributed by atoms with Crippen molar-refractivity contribution in [3.63, 3.8) is 0 Å². The fraction of sp³-hybridized carbons (Fsp3) is 1.00. The van der Waals surface area contributed by atoms with Crippen molar-refractivity contribution < 1.29 is 9.84 Å². The van der Waals surface area contributed by atoms with Crippen molar-refractivity contribution in [2.75, 3.05) is 13.1 Å². The van der Waals surface area contributed by atoms with Crippen LogP contribution in [0.25, 0.3) is 0 Å². The molecule has 0 radical (unpaired) electrons. The second-order valence-electron chi connectivity index (χ2n) is 5.84. The number of hydrogen-bond donors (Lipinski definition) is 2. The third kappa shape index (κ3) is 2.33. The molecule has 3 rings (SSSR count). The lowest BCUT2D eigenvalue weighted by atomic mass is 9.67. The van der Waals surface area contributed by atoms with Crippen molar-refractivity contribution in [2.45, 2.75) is 45.2 Å². The van der Waals surface area contributed by atoms with Crippen LogP contribution in [0.2, 0.25) is 0 Å². The lowest BCUT2D eigenvalue weighted by molar-refractivity contribution is -0.258. The van der Waals surface area contributed by atoms with Crippen molar-refractivity contribution in [1.29, 1.82) is 0 Å². The molecule has 3 unspecified atom stereocenters. The summed E-state index contributed by atoms with van der Waals surface area (Å²) in [4.78, 5) is 1.99. The molecule has 4 heteroatoms. The molecule has 4 nitrogen and oxygen atoms in total. The number of aliphatic hydroxyl groups excluding tert-OH is 1. The Morgan fingerprint density at radius 2 is 1.87 bits per heavy atom. The van der Waals surface area contributed by atoms with Gasteiger partial charge < -0.3 is 15.6 Å². The number of fused-ring (bicyclic) bond motifs is 2. The van der Waals surface area contributed by atoms with Gasteiger partial charge in [0.2, 0.25) is 6.41 Å². The Morgan fingerprint density at radius 3 is 2.27 bits per heavy atom. The molecule has 1 aliphatic carbocycles. The predicted molar refractivity (Wildman–Crippen MR) is 58.0 cm³/mol. The summed E-state index contributed by atoms with van der Waals surface area (Å²) in [6.45, 7) is 7.59. The standard InChI is InChI=1S/C11H22N2O2/c1-11(2,3)15-10(14)13-5-7-4-8(6-13)9(7)12/h7-10,14H,4-6,12H2,1-3H3. The lowest BCUT2D eigenvalue weighted by Gasteiger charge is -2.53. The van der Waals surface area contributed by atoms with Crippen molar-refractivity contribution in [3.8, 4) is 0 Å². The third-order valence-electron chi connectivity index (χ3n) is 3.40. The number of nitrogens with two attached hydrogens (primary N) is 1. The lowest BCUT2D eigenvalue weighted by Crippen LogP contribution is -2.64. The van der Waals surface area contributed by atoms with Crippen LogP contribution in [0.1, 0.15) is 27.2 Å². The summed E-state index contributed by atoms with van der Waals surface area (Å²) in [5.41, 5.74) is 5.67. The summed E-state index contributed by atoms with van der Waals surface area (Å²) in [6.07, 6.45) is 0.447. The minimum atomic E-state index is -0.775. The fourth-order valence-corrected chi connectivity index (χ4v) is 2.53. The maximum atomic E-state index is 9.90. The predicted octanol–water partition coefficient (Wildman–Crippen LogP) is 0.356. The van der Waals surface area contributed by atoms with Crippen LogP contribution >= 0.6 is 0 Å². The average Bonchev–Trinajstić information content (AvgIpc) is 2.14. The number of rotatable bonds is 2. The van der Waals surface area contributed by atoms with Gasteiger partial charge in [-0.15, -0.1) is 0 Å². The number of piperidine rings is 2. The quantitative estimate of drug-likeness (QED) is 0.652. The van der Waals surface area contributed by atoms with Gasteiger partial charge in [0.05, 0.1) is 5.60 Å². The molecule has 88 valence electrons. The highest BCUT2D eigenvalue weighted by atomic mass is 16.6. The van der Waals surface area contributed by atoms with E-state index in [4.69, 9.17) is 10.5 Å². The highest BCUT2D eigenvalue weighted by molar-refractivity contribution is 4.99. The van der Waals surface area contributed by atoms with E-state index in [1.54, 1.807) is 0 Å². The average molecular weight is 214 g/mol. The van der Waals surface area contributed by atoms with Gasteiger partial charge in [-0.05, 0) is 39.0 Å². The number of nitrogens with zero attached hydrogens (tertiary/aromatic N) is 1. The van der Waals surface area contributed by atoms with Gasteiger partial charge in [-0.25, -0.2) is 0 Å². The first-order valence-electron chi connectivity index (χ1n) is 5.72. The molecule has 0 amide bonds. The van der Waals surface area contributed by atoms with Crippen molar-refractivity contribution in [1.82, 2.24) is 4.90 Å². The highest BCUT2D eigenvalue weighted by Crippen LogP contribution is 2.39. The van der Waals surface area contributed by atoms with E-state index in [9.17, 15) is 5.11 Å². The van der Waals surface area contributed by atoms with Gasteiger partial charge >= 0.3 is 0 Å². The van der Waals surface area contributed by atoms with Crippen LogP contribution in [0.15, 0.2) is 0 Å². The van der Waals surface area contributed by atoms with Crippen LogP contribution in [-0.2, 0) is 4.74 Å². The SMILES string of the molecule is CC(C)(C)OC(O)N1CC2CC(C1)C2N. The zero-order valence-electron chi connectivity index (χ0n) is 9.81. The van der Waals surface area contributed by atoms with E-state index in [2.05, 4.69) is 0 Å². The Bertz CT molecular complexity index is 227. The van der Waals surface area contributed by atoms with E-state index in [1.165, 1.54) is 6.42 Å². The van der Waals surface area contributed by atoms with Crippen molar-refractivity contribution in [3.05, 3.63) is 0 Å². The first-order valence-corrected chi connectivity index (χ1v) is 5.72. The molecule has 2 bridgehead atoms. The van der Waals surface area contributed by atoms with E-state index < -0.39 is 6.41 Å². The van der Waals surface area contributed by atoms with E-state index in [1.807, 2.05) is 25.7 Å². The zero-order valence-corrected chi connectivity index (χ0v) is 9.81. The van der Waals surface area contributed by atoms with Gasteiger partial charge in [-0.1, -0.05) is 0 Å². The molecule has 0 aromatic rings. The van der Waals surface area contributed by atoms with E-state index in [0.29, 0.717) is 17.9 Å². The molecule has 0 aromatic carbocycles. The second-order valence-corrected chi connectivity index (χ2v) is 5.84. The van der Waals surface area contributed by atoms with Crippen LogP contribution in [0, 0.1) is 11.8 Å². The Morgan fingerprint density at radius 1 is 1.33 bits per heavy atom. The maximum Gasteiger partial charge on any atom is 0.216 e.